The molecule has 0 fully saturated rings. The zero-order chi connectivity index (χ0) is 18.0. The van der Waals surface area contributed by atoms with E-state index in [0.29, 0.717) is 0 Å². The Morgan fingerprint density at radius 3 is 1.38 bits per heavy atom. The Balaban J connectivity index is 0.000000272. The number of hydrogen-bond donors (Lipinski definition) is 0. The van der Waals surface area contributed by atoms with Crippen LogP contribution in [0.2, 0.25) is 0 Å². The Bertz CT molecular complexity index is 567. The summed E-state index contributed by atoms with van der Waals surface area (Å²) in [4.78, 5) is 0. The van der Waals surface area contributed by atoms with Gasteiger partial charge < -0.3 is 13.3 Å². The van der Waals surface area contributed by atoms with Crippen LogP contribution in [0, 0.1) is 6.92 Å². The lowest BCUT2D eigenvalue weighted by molar-refractivity contribution is 0.140. The molecule has 0 saturated carbocycles. The summed E-state index contributed by atoms with van der Waals surface area (Å²) in [6, 6.07) is 16.8. The van der Waals surface area contributed by atoms with Gasteiger partial charge in [0.05, 0.1) is 0 Å². The van der Waals surface area contributed by atoms with Crippen molar-refractivity contribution in [3.05, 3.63) is 65.2 Å². The summed E-state index contributed by atoms with van der Waals surface area (Å²) >= 11 is 0. The quantitative estimate of drug-likeness (QED) is 0.743. The molecule has 0 aliphatic rings. The molecule has 0 bridgehead atoms. The molecule has 0 aliphatic carbocycles. The SMILES string of the molecule is CCc1ccc(C)cc1.CCc1ccc([Si](OC)(OC)OC)cc1. The van der Waals surface area contributed by atoms with Crippen molar-refractivity contribution in [1.29, 1.82) is 0 Å². The van der Waals surface area contributed by atoms with E-state index in [0.717, 1.165) is 18.0 Å². The van der Waals surface area contributed by atoms with Crippen molar-refractivity contribution in [2.24, 2.45) is 0 Å². The lowest BCUT2D eigenvalue weighted by atomic mass is 10.1. The van der Waals surface area contributed by atoms with E-state index in [4.69, 9.17) is 13.3 Å². The summed E-state index contributed by atoms with van der Waals surface area (Å²) in [5.74, 6) is 0. The normalized spacial score (nSPS) is 10.9. The van der Waals surface area contributed by atoms with Crippen molar-refractivity contribution in [1.82, 2.24) is 0 Å². The summed E-state index contributed by atoms with van der Waals surface area (Å²) in [6.45, 7) is 6.41. The first-order valence-corrected chi connectivity index (χ1v) is 10.1. The molecule has 0 N–H and O–H groups in total. The van der Waals surface area contributed by atoms with Gasteiger partial charge in [0.2, 0.25) is 0 Å². The van der Waals surface area contributed by atoms with Crippen molar-refractivity contribution < 1.29 is 13.3 Å². The number of hydrogen-bond acceptors (Lipinski definition) is 3. The summed E-state index contributed by atoms with van der Waals surface area (Å²) in [7, 11) is 2.22. The van der Waals surface area contributed by atoms with Crippen LogP contribution in [-0.2, 0) is 26.1 Å². The fourth-order valence-corrected chi connectivity index (χ4v) is 4.15. The minimum atomic E-state index is -2.63. The molecule has 0 saturated heterocycles. The molecule has 2 aromatic carbocycles. The van der Waals surface area contributed by atoms with Gasteiger partial charge in [0.15, 0.2) is 0 Å². The van der Waals surface area contributed by atoms with E-state index >= 15 is 0 Å². The van der Waals surface area contributed by atoms with E-state index in [2.05, 4.69) is 57.2 Å². The molecule has 0 aliphatic heterocycles. The molecule has 0 atom stereocenters. The molecule has 24 heavy (non-hydrogen) atoms. The Labute approximate surface area is 148 Å². The Morgan fingerprint density at radius 1 is 0.667 bits per heavy atom. The van der Waals surface area contributed by atoms with Gasteiger partial charge in [-0.1, -0.05) is 67.9 Å². The van der Waals surface area contributed by atoms with Crippen molar-refractivity contribution in [2.45, 2.75) is 33.6 Å². The first-order valence-electron chi connectivity index (χ1n) is 8.35. The van der Waals surface area contributed by atoms with Crippen molar-refractivity contribution >= 4 is 14.0 Å². The third kappa shape index (κ3) is 5.56. The molecular formula is C20H30O3Si. The first-order chi connectivity index (χ1) is 11.5. The van der Waals surface area contributed by atoms with Gasteiger partial charge in [-0.05, 0) is 30.9 Å². The zero-order valence-corrected chi connectivity index (χ0v) is 16.8. The number of rotatable bonds is 6. The second-order valence-electron chi connectivity index (χ2n) is 5.56. The molecular weight excluding hydrogens is 316 g/mol. The Hall–Kier alpha value is -1.46. The lowest BCUT2D eigenvalue weighted by Crippen LogP contribution is -2.54. The Morgan fingerprint density at radius 2 is 1.04 bits per heavy atom. The van der Waals surface area contributed by atoms with Crippen LogP contribution in [0.1, 0.15) is 30.5 Å². The molecule has 0 unspecified atom stereocenters. The second-order valence-corrected chi connectivity index (χ2v) is 8.47. The van der Waals surface area contributed by atoms with E-state index < -0.39 is 8.80 Å². The van der Waals surface area contributed by atoms with Crippen LogP contribution < -0.4 is 5.19 Å². The molecule has 0 amide bonds. The first kappa shape index (κ1) is 20.6. The van der Waals surface area contributed by atoms with E-state index in [1.807, 2.05) is 12.1 Å². The topological polar surface area (TPSA) is 27.7 Å². The third-order valence-electron chi connectivity index (χ3n) is 4.05. The van der Waals surface area contributed by atoms with Crippen LogP contribution in [0.5, 0.6) is 0 Å². The molecule has 0 spiro atoms. The summed E-state index contributed by atoms with van der Waals surface area (Å²) in [6.07, 6.45) is 2.17. The minimum absolute atomic E-state index is 0.993. The van der Waals surface area contributed by atoms with E-state index in [-0.39, 0.29) is 0 Å². The van der Waals surface area contributed by atoms with Crippen LogP contribution in [-0.4, -0.2) is 30.1 Å². The maximum Gasteiger partial charge on any atom is 0.536 e. The van der Waals surface area contributed by atoms with Crippen molar-refractivity contribution in [3.8, 4) is 0 Å². The van der Waals surface area contributed by atoms with Crippen molar-refractivity contribution in [2.75, 3.05) is 21.3 Å². The number of benzene rings is 2. The molecule has 3 nitrogen and oxygen atoms in total. The highest BCUT2D eigenvalue weighted by Crippen LogP contribution is 2.08. The second kappa shape index (κ2) is 10.4. The zero-order valence-electron chi connectivity index (χ0n) is 15.8. The lowest BCUT2D eigenvalue weighted by Gasteiger charge is -2.24. The molecule has 2 rings (SSSR count). The fourth-order valence-electron chi connectivity index (χ4n) is 2.37. The van der Waals surface area contributed by atoms with Crippen molar-refractivity contribution in [3.63, 3.8) is 0 Å². The van der Waals surface area contributed by atoms with Gasteiger partial charge in [-0.25, -0.2) is 0 Å². The molecule has 0 heterocycles. The highest BCUT2D eigenvalue weighted by Gasteiger charge is 2.40. The fraction of sp³-hybridized carbons (Fsp3) is 0.400. The van der Waals surface area contributed by atoms with E-state index in [1.54, 1.807) is 21.3 Å². The molecule has 0 aromatic heterocycles. The largest absolute Gasteiger partial charge is 0.536 e. The average Bonchev–Trinajstić information content (AvgIpc) is 2.65. The summed E-state index contributed by atoms with van der Waals surface area (Å²) < 4.78 is 16.2. The minimum Gasteiger partial charge on any atom is -0.373 e. The maximum absolute atomic E-state index is 5.39. The molecule has 0 radical (unpaired) electrons. The van der Waals surface area contributed by atoms with Gasteiger partial charge in [-0.15, -0.1) is 0 Å². The smallest absolute Gasteiger partial charge is 0.373 e. The number of aryl methyl sites for hydroxylation is 3. The average molecular weight is 347 g/mol. The van der Waals surface area contributed by atoms with Crippen LogP contribution in [0.3, 0.4) is 0 Å². The monoisotopic (exact) mass is 346 g/mol. The molecule has 2 aromatic rings. The predicted octanol–water partition coefficient (Wildman–Crippen LogP) is 3.89. The van der Waals surface area contributed by atoms with Gasteiger partial charge in [-0.2, -0.15) is 0 Å². The predicted molar refractivity (Wildman–Crippen MR) is 103 cm³/mol. The van der Waals surface area contributed by atoms with Gasteiger partial charge >= 0.3 is 8.80 Å². The maximum atomic E-state index is 5.39. The van der Waals surface area contributed by atoms with E-state index in [1.165, 1.54) is 16.7 Å². The van der Waals surface area contributed by atoms with E-state index in [9.17, 15) is 0 Å². The van der Waals surface area contributed by atoms with Gasteiger partial charge in [-0.3, -0.25) is 0 Å². The van der Waals surface area contributed by atoms with Gasteiger partial charge in [0, 0.05) is 26.5 Å². The summed E-state index contributed by atoms with van der Waals surface area (Å²) in [5, 5.41) is 0.993. The van der Waals surface area contributed by atoms with Crippen LogP contribution in [0.15, 0.2) is 48.5 Å². The van der Waals surface area contributed by atoms with Crippen LogP contribution in [0.4, 0.5) is 0 Å². The Kier molecular flexibility index (Phi) is 8.93. The molecule has 132 valence electrons. The van der Waals surface area contributed by atoms with Crippen LogP contribution in [0.25, 0.3) is 0 Å². The standard InChI is InChI=1S/C11H18O3Si.C9H12/c1-5-10-6-8-11(9-7-10)15(12-2,13-3)14-4;1-3-9-6-4-8(2)5-7-9/h6-9H,5H2,1-4H3;4-7H,3H2,1-2H3. The van der Waals surface area contributed by atoms with Crippen LogP contribution >= 0.6 is 0 Å². The molecule has 4 heteroatoms. The van der Waals surface area contributed by atoms with Gasteiger partial charge in [0.25, 0.3) is 0 Å². The summed E-state index contributed by atoms with van der Waals surface area (Å²) in [5.41, 5.74) is 4.05. The highest BCUT2D eigenvalue weighted by molar-refractivity contribution is 6.75. The highest BCUT2D eigenvalue weighted by atomic mass is 28.4. The van der Waals surface area contributed by atoms with Gasteiger partial charge in [0.1, 0.15) is 0 Å². The third-order valence-corrected chi connectivity index (χ3v) is 6.70.